The van der Waals surface area contributed by atoms with Crippen molar-refractivity contribution in [3.05, 3.63) is 303 Å². The molecule has 0 aliphatic heterocycles. The molecule has 0 amide bonds. The van der Waals surface area contributed by atoms with Gasteiger partial charge in [0.2, 0.25) is 0 Å². The summed E-state index contributed by atoms with van der Waals surface area (Å²) in [6, 6.07) is 97.7. The van der Waals surface area contributed by atoms with Crippen LogP contribution in [0.25, 0.3) is 66.1 Å². The van der Waals surface area contributed by atoms with Gasteiger partial charge in [-0.05, 0) is 153 Å². The van der Waals surface area contributed by atoms with Gasteiger partial charge in [-0.2, -0.15) is 0 Å². The molecule has 0 N–H and O–H groups in total. The maximum Gasteiger partial charge on any atom is 0.137 e. The highest BCUT2D eigenvalue weighted by atomic mass is 15.2. The van der Waals surface area contributed by atoms with E-state index in [2.05, 4.69) is 283 Å². The van der Waals surface area contributed by atoms with Crippen LogP contribution in [-0.4, -0.2) is 15.0 Å². The van der Waals surface area contributed by atoms with Crippen molar-refractivity contribution >= 4 is 73.1 Å². The first-order valence-corrected chi connectivity index (χ1v) is 27.2. The van der Waals surface area contributed by atoms with Gasteiger partial charge in [-0.3, -0.25) is 14.7 Å². The Labute approximate surface area is 466 Å². The average Bonchev–Trinajstić information content (AvgIpc) is 3.94. The summed E-state index contributed by atoms with van der Waals surface area (Å²) in [6.45, 7) is 4.76. The van der Waals surface area contributed by atoms with Crippen LogP contribution in [0.4, 0.5) is 51.6 Å². The van der Waals surface area contributed by atoms with Crippen LogP contribution in [0.5, 0.6) is 0 Å². The molecule has 380 valence electrons. The number of hydrogen-bond acceptors (Lipinski definition) is 6. The number of fused-ring (bicyclic) bond motifs is 5. The summed E-state index contributed by atoms with van der Waals surface area (Å²) < 4.78 is 0. The van der Waals surface area contributed by atoms with Crippen LogP contribution in [0.2, 0.25) is 0 Å². The van der Waals surface area contributed by atoms with Crippen LogP contribution in [0.1, 0.15) is 25.0 Å². The summed E-state index contributed by atoms with van der Waals surface area (Å²) >= 11 is 0. The van der Waals surface area contributed by atoms with Crippen molar-refractivity contribution in [2.24, 2.45) is 0 Å². The molecule has 0 radical (unpaired) electrons. The van der Waals surface area contributed by atoms with Gasteiger partial charge >= 0.3 is 0 Å². The summed E-state index contributed by atoms with van der Waals surface area (Å²) in [7, 11) is 0. The van der Waals surface area contributed by atoms with Crippen LogP contribution in [0.3, 0.4) is 0 Å². The highest BCUT2D eigenvalue weighted by molar-refractivity contribution is 6.24. The number of anilines is 9. The SMILES string of the molecule is CC1(C)c2cc(N(c3cccc(-c4ccccc4)c3)c3ccccn3)ccc2-c2cc3c(N(c4cccc(-c5ccccc5)c4)c4ccccn4)c4ccccc4c(N(c4cccc(-c5ccccc5)c4)c4ccccn4)c3cc21. The molecule has 10 aromatic carbocycles. The summed E-state index contributed by atoms with van der Waals surface area (Å²) in [6.07, 6.45) is 5.66. The first kappa shape index (κ1) is 48.0. The standard InChI is InChI=1S/C74H54N6/c1-74(2)67-48-60(78(69-37-14-17-42-75-69)57-32-20-29-54(45-57)51-23-6-3-7-24-51)40-41-61(67)64-49-65-66(50-68(64)74)73(80(71-39-16-19-44-77-71)59-34-22-31-56(47-59)53-27-10-5-11-28-53)63-36-13-12-35-62(63)72(65)79(70-38-15-18-43-76-70)58-33-21-30-55(46-58)52-25-8-4-9-26-52/h3-50H,1-2H3. The molecule has 0 fully saturated rings. The molecule has 6 nitrogen and oxygen atoms in total. The highest BCUT2D eigenvalue weighted by Crippen LogP contribution is 2.57. The zero-order valence-electron chi connectivity index (χ0n) is 44.4. The Morgan fingerprint density at radius 1 is 0.263 bits per heavy atom. The fourth-order valence-corrected chi connectivity index (χ4v) is 12.0. The molecule has 6 heteroatoms. The lowest BCUT2D eigenvalue weighted by atomic mass is 9.81. The Hall–Kier alpha value is -10.4. The average molecular weight is 1030 g/mol. The van der Waals surface area contributed by atoms with Crippen molar-refractivity contribution in [2.75, 3.05) is 14.7 Å². The van der Waals surface area contributed by atoms with E-state index in [0.717, 1.165) is 107 Å². The largest absolute Gasteiger partial charge is 0.295 e. The van der Waals surface area contributed by atoms with Gasteiger partial charge in [0.05, 0.1) is 11.4 Å². The van der Waals surface area contributed by atoms with Gasteiger partial charge < -0.3 is 0 Å². The van der Waals surface area contributed by atoms with E-state index in [1.54, 1.807) is 0 Å². The van der Waals surface area contributed by atoms with E-state index in [1.165, 1.54) is 22.3 Å². The lowest BCUT2D eigenvalue weighted by Gasteiger charge is -2.33. The van der Waals surface area contributed by atoms with Crippen molar-refractivity contribution in [1.29, 1.82) is 0 Å². The van der Waals surface area contributed by atoms with Crippen molar-refractivity contribution in [2.45, 2.75) is 19.3 Å². The van der Waals surface area contributed by atoms with Crippen LogP contribution in [-0.2, 0) is 5.41 Å². The maximum absolute atomic E-state index is 5.17. The van der Waals surface area contributed by atoms with Gasteiger partial charge in [0, 0.05) is 68.3 Å². The smallest absolute Gasteiger partial charge is 0.137 e. The first-order valence-electron chi connectivity index (χ1n) is 27.2. The van der Waals surface area contributed by atoms with Gasteiger partial charge in [-0.25, -0.2) is 15.0 Å². The third-order valence-corrected chi connectivity index (χ3v) is 15.7. The molecule has 0 saturated heterocycles. The highest BCUT2D eigenvalue weighted by Gasteiger charge is 2.38. The molecule has 0 bridgehead atoms. The zero-order chi connectivity index (χ0) is 53.6. The minimum absolute atomic E-state index is 0.437. The molecule has 3 heterocycles. The van der Waals surface area contributed by atoms with E-state index in [0.29, 0.717) is 0 Å². The predicted octanol–water partition coefficient (Wildman–Crippen LogP) is 19.9. The van der Waals surface area contributed by atoms with Crippen molar-refractivity contribution < 1.29 is 0 Å². The quantitative estimate of drug-likeness (QED) is 0.0898. The molecule has 0 atom stereocenters. The zero-order valence-corrected chi connectivity index (χ0v) is 44.4. The van der Waals surface area contributed by atoms with Gasteiger partial charge in [-0.15, -0.1) is 0 Å². The van der Waals surface area contributed by atoms with Crippen molar-refractivity contribution in [3.63, 3.8) is 0 Å². The topological polar surface area (TPSA) is 48.4 Å². The predicted molar refractivity (Wildman–Crippen MR) is 333 cm³/mol. The Kier molecular flexibility index (Phi) is 12.1. The summed E-state index contributed by atoms with van der Waals surface area (Å²) in [5.41, 5.74) is 17.4. The molecule has 3 aromatic heterocycles. The minimum atomic E-state index is -0.437. The second-order valence-corrected chi connectivity index (χ2v) is 20.9. The fraction of sp³-hybridized carbons (Fsp3) is 0.0405. The van der Waals surface area contributed by atoms with Crippen molar-refractivity contribution in [3.8, 4) is 44.5 Å². The van der Waals surface area contributed by atoms with Gasteiger partial charge in [0.15, 0.2) is 0 Å². The third kappa shape index (κ3) is 8.51. The number of hydrogen-bond donors (Lipinski definition) is 0. The van der Waals surface area contributed by atoms with Crippen LogP contribution in [0, 0.1) is 0 Å². The Balaban J connectivity index is 1.05. The second-order valence-electron chi connectivity index (χ2n) is 20.9. The molecule has 1 aliphatic carbocycles. The lowest BCUT2D eigenvalue weighted by Crippen LogP contribution is -2.18. The van der Waals surface area contributed by atoms with Crippen LogP contribution in [0.15, 0.2) is 292 Å². The molecule has 1 aliphatic rings. The molecule has 0 spiro atoms. The van der Waals surface area contributed by atoms with E-state index in [4.69, 9.17) is 15.0 Å². The number of nitrogens with zero attached hydrogens (tertiary/aromatic N) is 6. The third-order valence-electron chi connectivity index (χ3n) is 15.7. The Bertz CT molecular complexity index is 4380. The van der Waals surface area contributed by atoms with E-state index < -0.39 is 5.41 Å². The summed E-state index contributed by atoms with van der Waals surface area (Å²) in [4.78, 5) is 22.3. The minimum Gasteiger partial charge on any atom is -0.295 e. The van der Waals surface area contributed by atoms with Gasteiger partial charge in [0.1, 0.15) is 17.5 Å². The normalized spacial score (nSPS) is 12.2. The lowest BCUT2D eigenvalue weighted by molar-refractivity contribution is 0.661. The number of rotatable bonds is 12. The number of benzene rings is 10. The van der Waals surface area contributed by atoms with E-state index >= 15 is 0 Å². The molecule has 13 aromatic rings. The molecule has 0 unspecified atom stereocenters. The van der Waals surface area contributed by atoms with E-state index in [-0.39, 0.29) is 0 Å². The number of aromatic nitrogens is 3. The van der Waals surface area contributed by atoms with Gasteiger partial charge in [-0.1, -0.05) is 190 Å². The second kappa shape index (κ2) is 20.2. The summed E-state index contributed by atoms with van der Waals surface area (Å²) in [5, 5.41) is 4.31. The Morgan fingerprint density at radius 3 is 1.06 bits per heavy atom. The Morgan fingerprint density at radius 2 is 0.625 bits per heavy atom. The molecular formula is C74H54N6. The fourth-order valence-electron chi connectivity index (χ4n) is 12.0. The van der Waals surface area contributed by atoms with Gasteiger partial charge in [0.25, 0.3) is 0 Å². The monoisotopic (exact) mass is 1030 g/mol. The molecule has 0 saturated carbocycles. The molecule has 14 rings (SSSR count). The molecule has 80 heavy (non-hydrogen) atoms. The molecular weight excluding hydrogens is 973 g/mol. The van der Waals surface area contributed by atoms with Crippen LogP contribution >= 0.6 is 0 Å². The first-order chi connectivity index (χ1) is 39.5. The van der Waals surface area contributed by atoms with Crippen molar-refractivity contribution in [1.82, 2.24) is 15.0 Å². The van der Waals surface area contributed by atoms with E-state index in [9.17, 15) is 0 Å². The summed E-state index contributed by atoms with van der Waals surface area (Å²) in [5.74, 6) is 2.47. The maximum atomic E-state index is 5.17. The van der Waals surface area contributed by atoms with E-state index in [1.807, 2.05) is 36.8 Å². The number of pyridine rings is 3. The van der Waals surface area contributed by atoms with Crippen LogP contribution < -0.4 is 14.7 Å².